The van der Waals surface area contributed by atoms with Crippen molar-refractivity contribution in [2.45, 2.75) is 31.3 Å². The topological polar surface area (TPSA) is 79.5 Å². The van der Waals surface area contributed by atoms with Crippen LogP contribution in [0.1, 0.15) is 36.0 Å². The van der Waals surface area contributed by atoms with Crippen LogP contribution >= 0.6 is 0 Å². The van der Waals surface area contributed by atoms with Crippen molar-refractivity contribution in [2.75, 3.05) is 6.54 Å². The Bertz CT molecular complexity index is 728. The summed E-state index contributed by atoms with van der Waals surface area (Å²) in [6.45, 7) is 0.165. The number of hydrogen-bond acceptors (Lipinski definition) is 4. The van der Waals surface area contributed by atoms with Gasteiger partial charge in [-0.2, -0.15) is 0 Å². The number of aliphatic hydroxyl groups is 1. The van der Waals surface area contributed by atoms with Crippen LogP contribution in [0.4, 0.5) is 0 Å². The summed E-state index contributed by atoms with van der Waals surface area (Å²) in [5, 5.41) is 13.5. The first-order valence-electron chi connectivity index (χ1n) is 7.11. The van der Waals surface area contributed by atoms with Gasteiger partial charge >= 0.3 is 5.63 Å². The molecule has 0 radical (unpaired) electrons. The molecule has 5 nitrogen and oxygen atoms in total. The van der Waals surface area contributed by atoms with E-state index in [0.29, 0.717) is 23.8 Å². The quantitative estimate of drug-likeness (QED) is 0.844. The van der Waals surface area contributed by atoms with E-state index in [1.165, 1.54) is 6.07 Å². The molecule has 1 aliphatic carbocycles. The summed E-state index contributed by atoms with van der Waals surface area (Å²) in [7, 11) is 0. The molecule has 110 valence electrons. The molecular formula is C16H17NO4. The molecule has 0 saturated heterocycles. The van der Waals surface area contributed by atoms with Crippen LogP contribution < -0.4 is 10.9 Å². The maximum Gasteiger partial charge on any atom is 0.349 e. The van der Waals surface area contributed by atoms with Gasteiger partial charge in [-0.05, 0) is 25.0 Å². The molecular weight excluding hydrogens is 270 g/mol. The van der Waals surface area contributed by atoms with Gasteiger partial charge < -0.3 is 14.8 Å². The van der Waals surface area contributed by atoms with Gasteiger partial charge in [0.25, 0.3) is 5.91 Å². The van der Waals surface area contributed by atoms with Crippen LogP contribution in [0.25, 0.3) is 11.0 Å². The van der Waals surface area contributed by atoms with E-state index < -0.39 is 17.1 Å². The molecule has 3 rings (SSSR count). The highest BCUT2D eigenvalue weighted by Crippen LogP contribution is 2.28. The second kappa shape index (κ2) is 5.33. The molecule has 1 heterocycles. The first-order valence-corrected chi connectivity index (χ1v) is 7.11. The van der Waals surface area contributed by atoms with E-state index in [2.05, 4.69) is 5.32 Å². The first kappa shape index (κ1) is 13.8. The SMILES string of the molecule is O=C(NCC1(O)CCCC1)c1cc2ccccc2oc1=O. The number of amides is 1. The molecule has 0 atom stereocenters. The first-order chi connectivity index (χ1) is 10.1. The number of hydrogen-bond donors (Lipinski definition) is 2. The van der Waals surface area contributed by atoms with Crippen molar-refractivity contribution in [1.82, 2.24) is 5.32 Å². The third-order valence-electron chi connectivity index (χ3n) is 4.00. The van der Waals surface area contributed by atoms with Gasteiger partial charge in [-0.25, -0.2) is 4.79 Å². The van der Waals surface area contributed by atoms with Crippen LogP contribution in [-0.4, -0.2) is 23.2 Å². The second-order valence-electron chi connectivity index (χ2n) is 5.60. The summed E-state index contributed by atoms with van der Waals surface area (Å²) >= 11 is 0. The van der Waals surface area contributed by atoms with Crippen molar-refractivity contribution in [3.8, 4) is 0 Å². The zero-order chi connectivity index (χ0) is 14.9. The molecule has 1 aliphatic rings. The van der Waals surface area contributed by atoms with Crippen LogP contribution in [0.15, 0.2) is 39.5 Å². The highest BCUT2D eigenvalue weighted by molar-refractivity contribution is 5.96. The van der Waals surface area contributed by atoms with Gasteiger partial charge in [0.05, 0.1) is 5.60 Å². The van der Waals surface area contributed by atoms with Crippen molar-refractivity contribution in [2.24, 2.45) is 0 Å². The Labute approximate surface area is 121 Å². The minimum Gasteiger partial charge on any atom is -0.422 e. The van der Waals surface area contributed by atoms with E-state index in [1.807, 2.05) is 6.07 Å². The molecule has 1 aromatic heterocycles. The standard InChI is InChI=1S/C16H17NO4/c18-14(17-10-16(20)7-3-4-8-16)12-9-11-5-1-2-6-13(11)21-15(12)19/h1-2,5-6,9,20H,3-4,7-8,10H2,(H,17,18). The smallest absolute Gasteiger partial charge is 0.349 e. The lowest BCUT2D eigenvalue weighted by Gasteiger charge is -2.22. The normalized spacial score (nSPS) is 17.0. The number of rotatable bonds is 3. The fourth-order valence-electron chi connectivity index (χ4n) is 2.77. The minimum atomic E-state index is -0.841. The average Bonchev–Trinajstić information content (AvgIpc) is 2.91. The zero-order valence-corrected chi connectivity index (χ0v) is 11.6. The molecule has 1 fully saturated rings. The maximum absolute atomic E-state index is 12.1. The minimum absolute atomic E-state index is 0.0321. The highest BCUT2D eigenvalue weighted by Gasteiger charge is 2.31. The monoisotopic (exact) mass is 287 g/mol. The van der Waals surface area contributed by atoms with Gasteiger partial charge in [0, 0.05) is 11.9 Å². The Balaban J connectivity index is 1.81. The summed E-state index contributed by atoms with van der Waals surface area (Å²) in [5.41, 5.74) is -1.08. The Morgan fingerprint density at radius 3 is 2.76 bits per heavy atom. The summed E-state index contributed by atoms with van der Waals surface area (Å²) in [6, 6.07) is 8.56. The average molecular weight is 287 g/mol. The number of nitrogens with one attached hydrogen (secondary N) is 1. The van der Waals surface area contributed by atoms with Gasteiger partial charge in [-0.15, -0.1) is 0 Å². The summed E-state index contributed by atoms with van der Waals surface area (Å²) < 4.78 is 5.13. The largest absolute Gasteiger partial charge is 0.422 e. The predicted octanol–water partition coefficient (Wildman–Crippen LogP) is 1.83. The van der Waals surface area contributed by atoms with Crippen LogP contribution in [0.5, 0.6) is 0 Å². The van der Waals surface area contributed by atoms with E-state index >= 15 is 0 Å². The van der Waals surface area contributed by atoms with Gasteiger partial charge in [0.15, 0.2) is 0 Å². The zero-order valence-electron chi connectivity index (χ0n) is 11.6. The van der Waals surface area contributed by atoms with Gasteiger partial charge in [-0.3, -0.25) is 4.79 Å². The molecule has 0 aliphatic heterocycles. The lowest BCUT2D eigenvalue weighted by molar-refractivity contribution is 0.0449. The van der Waals surface area contributed by atoms with E-state index in [1.54, 1.807) is 18.2 Å². The van der Waals surface area contributed by atoms with Crippen molar-refractivity contribution in [1.29, 1.82) is 0 Å². The second-order valence-corrected chi connectivity index (χ2v) is 5.60. The number of fused-ring (bicyclic) bond motifs is 1. The Hall–Kier alpha value is -2.14. The van der Waals surface area contributed by atoms with E-state index in [4.69, 9.17) is 4.42 Å². The highest BCUT2D eigenvalue weighted by atomic mass is 16.4. The molecule has 21 heavy (non-hydrogen) atoms. The summed E-state index contributed by atoms with van der Waals surface area (Å²) in [6.07, 6.45) is 3.29. The van der Waals surface area contributed by atoms with Gasteiger partial charge in [-0.1, -0.05) is 31.0 Å². The fourth-order valence-corrected chi connectivity index (χ4v) is 2.77. The molecule has 1 aromatic carbocycles. The fraction of sp³-hybridized carbons (Fsp3) is 0.375. The molecule has 1 amide bonds. The van der Waals surface area contributed by atoms with Crippen molar-refractivity contribution in [3.05, 3.63) is 46.3 Å². The van der Waals surface area contributed by atoms with E-state index in [9.17, 15) is 14.7 Å². The van der Waals surface area contributed by atoms with Gasteiger partial charge in [0.2, 0.25) is 0 Å². The molecule has 2 N–H and O–H groups in total. The lowest BCUT2D eigenvalue weighted by Crippen LogP contribution is -2.41. The number of benzene rings is 1. The lowest BCUT2D eigenvalue weighted by atomic mass is 10.0. The molecule has 2 aromatic rings. The summed E-state index contributed by atoms with van der Waals surface area (Å²) in [5.74, 6) is -0.505. The van der Waals surface area contributed by atoms with Crippen LogP contribution in [0.3, 0.4) is 0 Å². The van der Waals surface area contributed by atoms with Crippen LogP contribution in [0.2, 0.25) is 0 Å². The van der Waals surface area contributed by atoms with Crippen molar-refractivity contribution >= 4 is 16.9 Å². The molecule has 0 unspecified atom stereocenters. The molecule has 5 heteroatoms. The molecule has 0 bridgehead atoms. The number of carbonyl (C=O) groups is 1. The molecule has 1 saturated carbocycles. The van der Waals surface area contributed by atoms with E-state index in [-0.39, 0.29) is 12.1 Å². The Kier molecular flexibility index (Phi) is 3.51. The number of carbonyl (C=O) groups excluding carboxylic acids is 1. The Morgan fingerprint density at radius 1 is 1.29 bits per heavy atom. The predicted molar refractivity (Wildman–Crippen MR) is 78.2 cm³/mol. The maximum atomic E-state index is 12.1. The summed E-state index contributed by atoms with van der Waals surface area (Å²) in [4.78, 5) is 24.0. The van der Waals surface area contributed by atoms with Crippen molar-refractivity contribution < 1.29 is 14.3 Å². The Morgan fingerprint density at radius 2 is 2.00 bits per heavy atom. The van der Waals surface area contributed by atoms with Crippen LogP contribution in [-0.2, 0) is 0 Å². The van der Waals surface area contributed by atoms with Gasteiger partial charge in [0.1, 0.15) is 11.1 Å². The molecule has 0 spiro atoms. The van der Waals surface area contributed by atoms with Crippen molar-refractivity contribution in [3.63, 3.8) is 0 Å². The number of para-hydroxylation sites is 1. The third-order valence-corrected chi connectivity index (χ3v) is 4.00. The van der Waals surface area contributed by atoms with E-state index in [0.717, 1.165) is 12.8 Å². The third kappa shape index (κ3) is 2.83. The van der Waals surface area contributed by atoms with Crippen LogP contribution in [0, 0.1) is 0 Å².